The number of carbonyl (C=O) groups is 1. The van der Waals surface area contributed by atoms with Crippen molar-refractivity contribution in [2.45, 2.75) is 26.4 Å². The Balaban J connectivity index is 0.00000289. The summed E-state index contributed by atoms with van der Waals surface area (Å²) in [6.07, 6.45) is -0.899. The number of nitrogens with zero attached hydrogens (tertiary/aromatic N) is 3. The molecule has 1 N–H and O–H groups in total. The fraction of sp³-hybridized carbons (Fsp3) is 0.227. The number of anilines is 2. The molecule has 4 rings (SSSR count). The summed E-state index contributed by atoms with van der Waals surface area (Å²) in [5, 5.41) is 2.68. The molecule has 0 radical (unpaired) electrons. The second-order valence-electron chi connectivity index (χ2n) is 7.20. The number of amides is 2. The molecule has 0 fully saturated rings. The van der Waals surface area contributed by atoms with Crippen LogP contribution in [0.25, 0.3) is 0 Å². The van der Waals surface area contributed by atoms with E-state index in [-0.39, 0.29) is 23.7 Å². The Morgan fingerprint density at radius 1 is 1.16 bits per heavy atom. The molecular weight excluding hydrogens is 445 g/mol. The molecule has 1 aliphatic heterocycles. The number of benzene rings is 1. The van der Waals surface area contributed by atoms with Gasteiger partial charge in [0.2, 0.25) is 5.88 Å². The van der Waals surface area contributed by atoms with Gasteiger partial charge in [-0.05, 0) is 55.7 Å². The first-order valence-corrected chi connectivity index (χ1v) is 9.57. The van der Waals surface area contributed by atoms with Crippen molar-refractivity contribution in [1.82, 2.24) is 9.97 Å². The fourth-order valence-electron chi connectivity index (χ4n) is 3.47. The lowest BCUT2D eigenvalue weighted by molar-refractivity contribution is -0.138. The van der Waals surface area contributed by atoms with Crippen LogP contribution in [0.5, 0.6) is 11.6 Å². The number of pyridine rings is 2. The van der Waals surface area contributed by atoms with Crippen molar-refractivity contribution in [2.24, 2.45) is 0 Å². The molecule has 32 heavy (non-hydrogen) atoms. The molecule has 0 bridgehead atoms. The number of hydrogen-bond donors (Lipinski definition) is 1. The number of fused-ring (bicyclic) bond motifs is 1. The topological polar surface area (TPSA) is 67.4 Å². The number of ether oxygens (including phenoxy) is 1. The molecule has 0 aliphatic carbocycles. The summed E-state index contributed by atoms with van der Waals surface area (Å²) in [7, 11) is 0. The van der Waals surface area contributed by atoms with Crippen molar-refractivity contribution >= 4 is 29.8 Å². The summed E-state index contributed by atoms with van der Waals surface area (Å²) in [6, 6.07) is 8.74. The molecule has 168 valence electrons. The molecule has 0 saturated heterocycles. The lowest BCUT2D eigenvalue weighted by Gasteiger charge is -2.20. The van der Waals surface area contributed by atoms with Crippen LogP contribution in [0.3, 0.4) is 0 Å². The molecule has 0 atom stereocenters. The quantitative estimate of drug-likeness (QED) is 0.522. The number of nitrogens with one attached hydrogen (secondary N) is 1. The van der Waals surface area contributed by atoms with Crippen LogP contribution in [0.15, 0.2) is 48.8 Å². The van der Waals surface area contributed by atoms with Gasteiger partial charge in [0.25, 0.3) is 0 Å². The predicted molar refractivity (Wildman–Crippen MR) is 117 cm³/mol. The Labute approximate surface area is 188 Å². The maximum atomic E-state index is 13.3. The van der Waals surface area contributed by atoms with E-state index in [1.54, 1.807) is 30.5 Å². The van der Waals surface area contributed by atoms with E-state index in [4.69, 9.17) is 4.74 Å². The summed E-state index contributed by atoms with van der Waals surface area (Å²) in [4.78, 5) is 22.3. The molecule has 0 unspecified atom stereocenters. The minimum absolute atomic E-state index is 0. The number of urea groups is 1. The Morgan fingerprint density at radius 3 is 2.59 bits per heavy atom. The smallest absolute Gasteiger partial charge is 0.416 e. The van der Waals surface area contributed by atoms with Gasteiger partial charge in [-0.25, -0.2) is 9.78 Å². The van der Waals surface area contributed by atoms with Gasteiger partial charge >= 0.3 is 12.2 Å². The van der Waals surface area contributed by atoms with Crippen LogP contribution in [0, 0.1) is 13.8 Å². The molecule has 1 aliphatic rings. The van der Waals surface area contributed by atoms with E-state index in [9.17, 15) is 18.0 Å². The Hall–Kier alpha value is -3.33. The van der Waals surface area contributed by atoms with E-state index in [1.165, 1.54) is 24.1 Å². The van der Waals surface area contributed by atoms with E-state index in [0.29, 0.717) is 36.0 Å². The van der Waals surface area contributed by atoms with E-state index in [1.807, 2.05) is 6.92 Å². The number of carbonyl (C=O) groups excluding carboxylic acids is 1. The van der Waals surface area contributed by atoms with Crippen molar-refractivity contribution in [1.29, 1.82) is 0 Å². The van der Waals surface area contributed by atoms with Gasteiger partial charge in [0.15, 0.2) is 5.75 Å². The monoisotopic (exact) mass is 464 g/mol. The number of hydrogen-bond acceptors (Lipinski definition) is 4. The normalized spacial score (nSPS) is 12.7. The highest BCUT2D eigenvalue weighted by Gasteiger charge is 2.35. The Kier molecular flexibility index (Phi) is 6.59. The third kappa shape index (κ3) is 4.77. The van der Waals surface area contributed by atoms with E-state index in [0.717, 1.165) is 11.6 Å². The van der Waals surface area contributed by atoms with Crippen LogP contribution < -0.4 is 15.0 Å². The second kappa shape index (κ2) is 9.04. The number of rotatable bonds is 3. The fourth-order valence-corrected chi connectivity index (χ4v) is 3.47. The first kappa shape index (κ1) is 23.3. The maximum Gasteiger partial charge on any atom is 0.416 e. The molecule has 0 spiro atoms. The van der Waals surface area contributed by atoms with Crippen LogP contribution >= 0.6 is 12.4 Å². The third-order valence-corrected chi connectivity index (χ3v) is 5.03. The van der Waals surface area contributed by atoms with Crippen molar-refractivity contribution in [3.8, 4) is 11.6 Å². The van der Waals surface area contributed by atoms with Gasteiger partial charge in [-0.2, -0.15) is 13.2 Å². The average molecular weight is 465 g/mol. The summed E-state index contributed by atoms with van der Waals surface area (Å²) in [6.45, 7) is 3.54. The van der Waals surface area contributed by atoms with E-state index >= 15 is 0 Å². The summed E-state index contributed by atoms with van der Waals surface area (Å²) in [5.74, 6) is 0.891. The minimum Gasteiger partial charge on any atom is -0.437 e. The SMILES string of the molecule is Cc1cc2c(cc1C(F)(F)F)N(C(=O)Nc1ccc(Oc3cccnc3C)nc1)CC2.Cl. The molecule has 2 amide bonds. The van der Waals surface area contributed by atoms with Gasteiger partial charge in [0.05, 0.1) is 23.1 Å². The summed E-state index contributed by atoms with van der Waals surface area (Å²) < 4.78 is 45.5. The summed E-state index contributed by atoms with van der Waals surface area (Å²) >= 11 is 0. The lowest BCUT2D eigenvalue weighted by Crippen LogP contribution is -2.33. The zero-order valence-corrected chi connectivity index (χ0v) is 18.0. The van der Waals surface area contributed by atoms with Crippen LogP contribution in [-0.4, -0.2) is 22.5 Å². The number of aromatic nitrogens is 2. The first-order chi connectivity index (χ1) is 14.7. The molecule has 2 aromatic heterocycles. The molecule has 10 heteroatoms. The molecule has 6 nitrogen and oxygen atoms in total. The lowest BCUT2D eigenvalue weighted by atomic mass is 10.0. The van der Waals surface area contributed by atoms with Gasteiger partial charge in [-0.1, -0.05) is 6.07 Å². The third-order valence-electron chi connectivity index (χ3n) is 5.03. The van der Waals surface area contributed by atoms with E-state index in [2.05, 4.69) is 15.3 Å². The van der Waals surface area contributed by atoms with Crippen molar-refractivity contribution in [3.63, 3.8) is 0 Å². The Bertz CT molecular complexity index is 1140. The molecule has 1 aromatic carbocycles. The highest BCUT2D eigenvalue weighted by atomic mass is 35.5. The molecule has 3 heterocycles. The van der Waals surface area contributed by atoms with Gasteiger partial charge < -0.3 is 10.1 Å². The highest BCUT2D eigenvalue weighted by Crippen LogP contribution is 2.38. The van der Waals surface area contributed by atoms with Crippen LogP contribution in [0.2, 0.25) is 0 Å². The molecule has 0 saturated carbocycles. The zero-order valence-electron chi connectivity index (χ0n) is 17.2. The molecular formula is C22H20ClF3N4O2. The van der Waals surface area contributed by atoms with E-state index < -0.39 is 17.8 Å². The van der Waals surface area contributed by atoms with Gasteiger partial charge in [0, 0.05) is 24.5 Å². The Morgan fingerprint density at radius 2 is 1.94 bits per heavy atom. The average Bonchev–Trinajstić information content (AvgIpc) is 3.12. The van der Waals surface area contributed by atoms with Gasteiger partial charge in [-0.3, -0.25) is 9.88 Å². The van der Waals surface area contributed by atoms with Crippen LogP contribution in [0.1, 0.15) is 22.4 Å². The van der Waals surface area contributed by atoms with Crippen LogP contribution in [0.4, 0.5) is 29.3 Å². The number of alkyl halides is 3. The van der Waals surface area contributed by atoms with Gasteiger partial charge in [0.1, 0.15) is 0 Å². The second-order valence-corrected chi connectivity index (χ2v) is 7.20. The zero-order chi connectivity index (χ0) is 22.2. The first-order valence-electron chi connectivity index (χ1n) is 9.57. The largest absolute Gasteiger partial charge is 0.437 e. The number of halogens is 4. The predicted octanol–water partition coefficient (Wildman–Crippen LogP) is 5.92. The minimum atomic E-state index is -4.48. The van der Waals surface area contributed by atoms with Crippen molar-refractivity contribution in [3.05, 3.63) is 71.2 Å². The van der Waals surface area contributed by atoms with Crippen LogP contribution in [-0.2, 0) is 12.6 Å². The standard InChI is InChI=1S/C22H19F3N4O2.ClH/c1-13-10-15-7-9-29(18(15)11-17(13)22(23,24)25)21(30)28-16-5-6-20(27-12-16)31-19-4-3-8-26-14(19)2;/h3-6,8,10-12H,7,9H2,1-2H3,(H,28,30);1H. The van der Waals surface area contributed by atoms with Crippen molar-refractivity contribution < 1.29 is 22.7 Å². The highest BCUT2D eigenvalue weighted by molar-refractivity contribution is 6.03. The molecule has 3 aromatic rings. The van der Waals surface area contributed by atoms with Crippen molar-refractivity contribution in [2.75, 3.05) is 16.8 Å². The number of aryl methyl sites for hydroxylation is 2. The summed E-state index contributed by atoms with van der Waals surface area (Å²) in [5.41, 5.74) is 1.52. The maximum absolute atomic E-state index is 13.3. The van der Waals surface area contributed by atoms with Gasteiger partial charge in [-0.15, -0.1) is 12.4 Å².